The number of rotatable bonds is 7. The third-order valence-corrected chi connectivity index (χ3v) is 4.37. The molecule has 9 heteroatoms. The van der Waals surface area contributed by atoms with Gasteiger partial charge in [-0.3, -0.25) is 19.7 Å². The third-order valence-electron chi connectivity index (χ3n) is 3.34. The van der Waals surface area contributed by atoms with Crippen molar-refractivity contribution in [1.82, 2.24) is 24.7 Å². The van der Waals surface area contributed by atoms with Crippen LogP contribution < -0.4 is 0 Å². The Balaban J connectivity index is 1.79. The summed E-state index contributed by atoms with van der Waals surface area (Å²) in [6, 6.07) is 6.47. The van der Waals surface area contributed by atoms with E-state index >= 15 is 0 Å². The molecule has 1 aromatic carbocycles. The van der Waals surface area contributed by atoms with Crippen molar-refractivity contribution in [2.24, 2.45) is 0 Å². The van der Waals surface area contributed by atoms with Gasteiger partial charge in [0, 0.05) is 36.8 Å². The van der Waals surface area contributed by atoms with Crippen LogP contribution in [0.5, 0.6) is 0 Å². The first-order valence-corrected chi connectivity index (χ1v) is 8.34. The van der Waals surface area contributed by atoms with Crippen molar-refractivity contribution in [2.45, 2.75) is 17.5 Å². The van der Waals surface area contributed by atoms with E-state index in [2.05, 4.69) is 26.7 Å². The number of aromatic nitrogens is 5. The number of thioether (sulfide) groups is 1. The Hall–Kier alpha value is -3.07. The van der Waals surface area contributed by atoms with Crippen LogP contribution in [0.3, 0.4) is 0 Å². The summed E-state index contributed by atoms with van der Waals surface area (Å²) in [4.78, 5) is 18.6. The lowest BCUT2D eigenvalue weighted by Crippen LogP contribution is -2.02. The SMILES string of the molecule is C=CCn1c(SCc2ccc([N+](=O)[O-])cc2)nnc1-c1cnccn1. The van der Waals surface area contributed by atoms with Crippen molar-refractivity contribution in [2.75, 3.05) is 0 Å². The van der Waals surface area contributed by atoms with E-state index in [1.165, 1.54) is 23.9 Å². The molecular formula is C16H14N6O2S. The third kappa shape index (κ3) is 3.89. The molecule has 25 heavy (non-hydrogen) atoms. The van der Waals surface area contributed by atoms with E-state index in [0.29, 0.717) is 23.8 Å². The van der Waals surface area contributed by atoms with Crippen molar-refractivity contribution >= 4 is 17.4 Å². The fourth-order valence-electron chi connectivity index (χ4n) is 2.15. The molecular weight excluding hydrogens is 340 g/mol. The molecule has 0 amide bonds. The maximum Gasteiger partial charge on any atom is 0.269 e. The van der Waals surface area contributed by atoms with Gasteiger partial charge in [-0.05, 0) is 5.56 Å². The molecule has 0 N–H and O–H groups in total. The monoisotopic (exact) mass is 354 g/mol. The van der Waals surface area contributed by atoms with Crippen LogP contribution in [0, 0.1) is 10.1 Å². The lowest BCUT2D eigenvalue weighted by molar-refractivity contribution is -0.384. The van der Waals surface area contributed by atoms with Gasteiger partial charge in [0.05, 0.1) is 11.1 Å². The fourth-order valence-corrected chi connectivity index (χ4v) is 3.06. The maximum absolute atomic E-state index is 10.7. The van der Waals surface area contributed by atoms with Crippen molar-refractivity contribution in [3.8, 4) is 11.5 Å². The van der Waals surface area contributed by atoms with Crippen molar-refractivity contribution in [1.29, 1.82) is 0 Å². The number of non-ortho nitro benzene ring substituents is 1. The second-order valence-corrected chi connectivity index (χ2v) is 5.95. The lowest BCUT2D eigenvalue weighted by Gasteiger charge is -2.07. The highest BCUT2D eigenvalue weighted by molar-refractivity contribution is 7.98. The van der Waals surface area contributed by atoms with Crippen molar-refractivity contribution in [3.63, 3.8) is 0 Å². The number of hydrogen-bond donors (Lipinski definition) is 0. The van der Waals surface area contributed by atoms with Gasteiger partial charge in [-0.25, -0.2) is 4.98 Å². The van der Waals surface area contributed by atoms with Gasteiger partial charge in [0.2, 0.25) is 0 Å². The minimum Gasteiger partial charge on any atom is -0.297 e. The van der Waals surface area contributed by atoms with E-state index in [1.807, 2.05) is 4.57 Å². The predicted molar refractivity (Wildman–Crippen MR) is 93.9 cm³/mol. The largest absolute Gasteiger partial charge is 0.297 e. The molecule has 2 heterocycles. The number of benzene rings is 1. The van der Waals surface area contributed by atoms with Crippen LogP contribution in [0.1, 0.15) is 5.56 Å². The predicted octanol–water partition coefficient (Wildman–Crippen LogP) is 3.12. The zero-order valence-electron chi connectivity index (χ0n) is 13.1. The molecule has 0 spiro atoms. The van der Waals surface area contributed by atoms with Gasteiger partial charge in [-0.1, -0.05) is 30.0 Å². The average Bonchev–Trinajstić information content (AvgIpc) is 3.04. The molecule has 8 nitrogen and oxygen atoms in total. The molecule has 0 bridgehead atoms. The quantitative estimate of drug-likeness (QED) is 0.278. The number of hydrogen-bond acceptors (Lipinski definition) is 7. The van der Waals surface area contributed by atoms with Crippen LogP contribution in [0.4, 0.5) is 5.69 Å². The molecule has 0 aliphatic carbocycles. The number of nitrogens with zero attached hydrogens (tertiary/aromatic N) is 6. The molecule has 0 saturated heterocycles. The second kappa shape index (κ2) is 7.67. The Morgan fingerprint density at radius 3 is 2.68 bits per heavy atom. The van der Waals surface area contributed by atoms with Crippen LogP contribution in [-0.2, 0) is 12.3 Å². The van der Waals surface area contributed by atoms with Gasteiger partial charge in [0.25, 0.3) is 5.69 Å². The van der Waals surface area contributed by atoms with E-state index < -0.39 is 4.92 Å². The first kappa shape index (κ1) is 16.8. The summed E-state index contributed by atoms with van der Waals surface area (Å²) in [6.45, 7) is 4.31. The second-order valence-electron chi connectivity index (χ2n) is 5.01. The Morgan fingerprint density at radius 1 is 1.24 bits per heavy atom. The Kier molecular flexibility index (Phi) is 5.14. The zero-order valence-corrected chi connectivity index (χ0v) is 14.0. The molecule has 0 aliphatic heterocycles. The fraction of sp³-hybridized carbons (Fsp3) is 0.125. The topological polar surface area (TPSA) is 99.6 Å². The Morgan fingerprint density at radius 2 is 2.04 bits per heavy atom. The molecule has 2 aromatic heterocycles. The van der Waals surface area contributed by atoms with Crippen LogP contribution in [0.25, 0.3) is 11.5 Å². The highest BCUT2D eigenvalue weighted by Crippen LogP contribution is 2.26. The highest BCUT2D eigenvalue weighted by Gasteiger charge is 2.15. The van der Waals surface area contributed by atoms with Gasteiger partial charge in [0.1, 0.15) is 5.69 Å². The molecule has 0 unspecified atom stereocenters. The first-order valence-electron chi connectivity index (χ1n) is 7.35. The molecule has 3 aromatic rings. The Labute approximate surface area is 147 Å². The van der Waals surface area contributed by atoms with Gasteiger partial charge in [0.15, 0.2) is 11.0 Å². The van der Waals surface area contributed by atoms with Crippen LogP contribution in [0.15, 0.2) is 60.7 Å². The normalized spacial score (nSPS) is 10.6. The molecule has 0 radical (unpaired) electrons. The molecule has 0 aliphatic rings. The maximum atomic E-state index is 10.7. The average molecular weight is 354 g/mol. The smallest absolute Gasteiger partial charge is 0.269 e. The summed E-state index contributed by atoms with van der Waals surface area (Å²) in [5.41, 5.74) is 1.68. The first-order chi connectivity index (χ1) is 12.2. The number of nitro groups is 1. The number of nitro benzene ring substituents is 1. The standard InChI is InChI=1S/C16H14N6O2S/c1-2-9-21-15(14-10-17-7-8-18-14)19-20-16(21)25-11-12-3-5-13(6-4-12)22(23)24/h2-8,10H,1,9,11H2. The molecule has 126 valence electrons. The van der Waals surface area contributed by atoms with Crippen LogP contribution in [-0.4, -0.2) is 29.7 Å². The van der Waals surface area contributed by atoms with E-state index in [-0.39, 0.29) is 5.69 Å². The van der Waals surface area contributed by atoms with Crippen LogP contribution >= 0.6 is 11.8 Å². The summed E-state index contributed by atoms with van der Waals surface area (Å²) in [7, 11) is 0. The van der Waals surface area contributed by atoms with Crippen LogP contribution in [0.2, 0.25) is 0 Å². The van der Waals surface area contributed by atoms with E-state index in [4.69, 9.17) is 0 Å². The summed E-state index contributed by atoms with van der Waals surface area (Å²) in [5, 5.41) is 19.9. The van der Waals surface area contributed by atoms with Gasteiger partial charge in [-0.15, -0.1) is 16.8 Å². The Bertz CT molecular complexity index is 879. The molecule has 0 atom stereocenters. The summed E-state index contributed by atoms with van der Waals surface area (Å²) in [5.74, 6) is 1.24. The van der Waals surface area contributed by atoms with E-state index in [1.54, 1.807) is 36.8 Å². The minimum absolute atomic E-state index is 0.0773. The summed E-state index contributed by atoms with van der Waals surface area (Å²) >= 11 is 1.49. The molecule has 3 rings (SSSR count). The summed E-state index contributed by atoms with van der Waals surface area (Å²) < 4.78 is 1.91. The molecule has 0 fully saturated rings. The number of allylic oxidation sites excluding steroid dienone is 1. The van der Waals surface area contributed by atoms with E-state index in [9.17, 15) is 10.1 Å². The van der Waals surface area contributed by atoms with Gasteiger partial charge < -0.3 is 0 Å². The van der Waals surface area contributed by atoms with Gasteiger partial charge in [-0.2, -0.15) is 0 Å². The zero-order chi connectivity index (χ0) is 17.6. The minimum atomic E-state index is -0.412. The van der Waals surface area contributed by atoms with E-state index in [0.717, 1.165) is 10.7 Å². The highest BCUT2D eigenvalue weighted by atomic mass is 32.2. The van der Waals surface area contributed by atoms with Crippen molar-refractivity contribution in [3.05, 3.63) is 71.2 Å². The van der Waals surface area contributed by atoms with Crippen molar-refractivity contribution < 1.29 is 4.92 Å². The van der Waals surface area contributed by atoms with Gasteiger partial charge >= 0.3 is 0 Å². The molecule has 0 saturated carbocycles. The summed E-state index contributed by atoms with van der Waals surface area (Å²) in [6.07, 6.45) is 6.60. The lowest BCUT2D eigenvalue weighted by atomic mass is 10.2.